The maximum absolute atomic E-state index is 12.0. The van der Waals surface area contributed by atoms with Gasteiger partial charge >= 0.3 is 0 Å². The molecule has 0 bridgehead atoms. The number of nitrogens with one attached hydrogen (secondary N) is 1. The second kappa shape index (κ2) is 8.04. The molecule has 114 valence electrons. The number of halogens is 1. The highest BCUT2D eigenvalue weighted by Crippen LogP contribution is 2.10. The van der Waals surface area contributed by atoms with Gasteiger partial charge < -0.3 is 10.2 Å². The van der Waals surface area contributed by atoms with Crippen LogP contribution in [0.4, 0.5) is 0 Å². The van der Waals surface area contributed by atoms with Crippen LogP contribution in [0.25, 0.3) is 0 Å². The van der Waals surface area contributed by atoms with E-state index in [0.717, 1.165) is 23.7 Å². The van der Waals surface area contributed by atoms with E-state index in [-0.39, 0.29) is 30.6 Å². The van der Waals surface area contributed by atoms with Crippen LogP contribution in [0.3, 0.4) is 0 Å². The summed E-state index contributed by atoms with van der Waals surface area (Å²) in [7, 11) is 0.0550. The fourth-order valence-electron chi connectivity index (χ4n) is 2.05. The van der Waals surface area contributed by atoms with Crippen LogP contribution in [0.1, 0.15) is 19.8 Å². The molecule has 1 aliphatic heterocycles. The summed E-state index contributed by atoms with van der Waals surface area (Å²) in [5.41, 5.74) is 0. The Labute approximate surface area is 122 Å². The Morgan fingerprint density at radius 2 is 2.11 bits per heavy atom. The Hall–Kier alpha value is -0.370. The molecule has 1 aliphatic rings. The summed E-state index contributed by atoms with van der Waals surface area (Å²) in [6.07, 6.45) is 2.02. The van der Waals surface area contributed by atoms with E-state index in [4.69, 9.17) is 0 Å². The third-order valence-corrected chi connectivity index (χ3v) is 5.19. The van der Waals surface area contributed by atoms with Gasteiger partial charge in [0.05, 0.1) is 12.3 Å². The number of rotatable bonds is 5. The highest BCUT2D eigenvalue weighted by molar-refractivity contribution is 7.89. The van der Waals surface area contributed by atoms with Gasteiger partial charge in [0.1, 0.15) is 0 Å². The number of hydrogen-bond donors (Lipinski definition) is 1. The molecule has 19 heavy (non-hydrogen) atoms. The lowest BCUT2D eigenvalue weighted by Crippen LogP contribution is -2.50. The van der Waals surface area contributed by atoms with Gasteiger partial charge in [0.15, 0.2) is 0 Å². The summed E-state index contributed by atoms with van der Waals surface area (Å²) >= 11 is 0. The highest BCUT2D eigenvalue weighted by Gasteiger charge is 2.25. The third-order valence-electron chi connectivity index (χ3n) is 3.38. The van der Waals surface area contributed by atoms with Crippen molar-refractivity contribution in [3.8, 4) is 0 Å². The Bertz CT molecular complexity index is 389. The van der Waals surface area contributed by atoms with Crippen LogP contribution >= 0.6 is 12.4 Å². The third kappa shape index (κ3) is 5.25. The molecular weight excluding hydrogens is 290 g/mol. The van der Waals surface area contributed by atoms with Crippen LogP contribution < -0.4 is 5.32 Å². The molecule has 1 unspecified atom stereocenters. The van der Waals surface area contributed by atoms with Gasteiger partial charge in [0.25, 0.3) is 0 Å². The molecule has 1 N–H and O–H groups in total. The molecule has 0 aromatic heterocycles. The first-order valence-electron chi connectivity index (χ1n) is 6.29. The smallest absolute Gasteiger partial charge is 0.237 e. The van der Waals surface area contributed by atoms with Gasteiger partial charge in [0, 0.05) is 26.2 Å². The molecule has 1 saturated heterocycles. The minimum atomic E-state index is -3.28. The molecule has 6 nitrogen and oxygen atoms in total. The van der Waals surface area contributed by atoms with Crippen LogP contribution in [-0.2, 0) is 14.8 Å². The van der Waals surface area contributed by atoms with Crippen molar-refractivity contribution in [3.63, 3.8) is 0 Å². The zero-order valence-electron chi connectivity index (χ0n) is 11.8. The van der Waals surface area contributed by atoms with E-state index in [2.05, 4.69) is 5.32 Å². The molecule has 0 aromatic rings. The molecular formula is C11H24ClN3O3S. The first-order valence-corrected chi connectivity index (χ1v) is 7.90. The number of amides is 1. The molecule has 1 rings (SSSR count). The molecule has 8 heteroatoms. The van der Waals surface area contributed by atoms with E-state index < -0.39 is 10.0 Å². The number of nitrogens with zero attached hydrogens (tertiary/aromatic N) is 2. The molecule has 1 fully saturated rings. The first-order chi connectivity index (χ1) is 8.40. The lowest BCUT2D eigenvalue weighted by atomic mass is 10.1. The Kier molecular flexibility index (Phi) is 7.88. The minimum Gasteiger partial charge on any atom is -0.340 e. The van der Waals surface area contributed by atoms with Crippen molar-refractivity contribution >= 4 is 28.3 Å². The van der Waals surface area contributed by atoms with E-state index >= 15 is 0 Å². The van der Waals surface area contributed by atoms with Crippen molar-refractivity contribution in [1.82, 2.24) is 14.5 Å². The average Bonchev–Trinajstić information content (AvgIpc) is 2.38. The number of likely N-dealkylation sites (N-methyl/N-ethyl adjacent to an activating group) is 2. The van der Waals surface area contributed by atoms with Crippen LogP contribution in [0, 0.1) is 0 Å². The van der Waals surface area contributed by atoms with E-state index in [9.17, 15) is 13.2 Å². The van der Waals surface area contributed by atoms with Crippen molar-refractivity contribution in [3.05, 3.63) is 0 Å². The van der Waals surface area contributed by atoms with Gasteiger partial charge in [-0.1, -0.05) is 0 Å². The number of carbonyl (C=O) groups is 1. The van der Waals surface area contributed by atoms with Gasteiger partial charge in [0.2, 0.25) is 15.9 Å². The van der Waals surface area contributed by atoms with E-state index in [1.54, 1.807) is 11.8 Å². The van der Waals surface area contributed by atoms with Crippen LogP contribution in [0.15, 0.2) is 0 Å². The van der Waals surface area contributed by atoms with Crippen molar-refractivity contribution < 1.29 is 13.2 Å². The standard InChI is InChI=1S/C11H23N3O3S.ClH/c1-4-18(16,17)13(3)9-11(15)14-7-5-6-10(8-14)12-2;/h10,12H,4-9H2,1-3H3;1H. The summed E-state index contributed by atoms with van der Waals surface area (Å²) in [5, 5.41) is 3.16. The Balaban J connectivity index is 0.00000324. The summed E-state index contributed by atoms with van der Waals surface area (Å²) in [4.78, 5) is 13.8. The maximum atomic E-state index is 12.0. The van der Waals surface area contributed by atoms with Gasteiger partial charge in [-0.15, -0.1) is 12.4 Å². The maximum Gasteiger partial charge on any atom is 0.237 e. The predicted octanol–water partition coefficient (Wildman–Crippen LogP) is -0.0999. The second-order valence-corrected chi connectivity index (χ2v) is 6.99. The number of piperidine rings is 1. The molecule has 1 amide bonds. The van der Waals surface area contributed by atoms with Gasteiger partial charge in [-0.25, -0.2) is 8.42 Å². The topological polar surface area (TPSA) is 69.7 Å². The molecule has 0 saturated carbocycles. The highest BCUT2D eigenvalue weighted by atomic mass is 35.5. The summed E-state index contributed by atoms with van der Waals surface area (Å²) in [6.45, 7) is 2.90. The number of carbonyl (C=O) groups excluding carboxylic acids is 1. The Morgan fingerprint density at radius 3 is 2.63 bits per heavy atom. The molecule has 0 aromatic carbocycles. The molecule has 0 spiro atoms. The molecule has 1 atom stereocenters. The molecule has 1 heterocycles. The monoisotopic (exact) mass is 313 g/mol. The van der Waals surface area contributed by atoms with E-state index in [0.29, 0.717) is 12.6 Å². The summed E-state index contributed by atoms with van der Waals surface area (Å²) < 4.78 is 24.3. The minimum absolute atomic E-state index is 0. The zero-order chi connectivity index (χ0) is 13.8. The fourth-order valence-corrected chi connectivity index (χ4v) is 2.80. The lowest BCUT2D eigenvalue weighted by molar-refractivity contribution is -0.132. The van der Waals surface area contributed by atoms with Crippen LogP contribution in [0.5, 0.6) is 0 Å². The molecule has 0 radical (unpaired) electrons. The normalized spacial score (nSPS) is 20.2. The van der Waals surface area contributed by atoms with E-state index in [1.165, 1.54) is 7.05 Å². The van der Waals surface area contributed by atoms with Gasteiger partial charge in [-0.3, -0.25) is 4.79 Å². The summed E-state index contributed by atoms with van der Waals surface area (Å²) in [6, 6.07) is 0.316. The summed E-state index contributed by atoms with van der Waals surface area (Å²) in [5.74, 6) is -0.0925. The Morgan fingerprint density at radius 1 is 1.47 bits per heavy atom. The SMILES string of the molecule is CCS(=O)(=O)N(C)CC(=O)N1CCCC(NC)C1.Cl. The zero-order valence-corrected chi connectivity index (χ0v) is 13.4. The number of hydrogen-bond acceptors (Lipinski definition) is 4. The predicted molar refractivity (Wildman–Crippen MR) is 78.0 cm³/mol. The number of likely N-dealkylation sites (tertiary alicyclic amines) is 1. The first kappa shape index (κ1) is 18.6. The van der Waals surface area contributed by atoms with Crippen molar-refractivity contribution in [1.29, 1.82) is 0 Å². The lowest BCUT2D eigenvalue weighted by Gasteiger charge is -2.33. The van der Waals surface area contributed by atoms with E-state index in [1.807, 2.05) is 7.05 Å². The van der Waals surface area contributed by atoms with Crippen molar-refractivity contribution in [2.24, 2.45) is 0 Å². The van der Waals surface area contributed by atoms with Crippen molar-refractivity contribution in [2.75, 3.05) is 39.5 Å². The number of sulfonamides is 1. The van der Waals surface area contributed by atoms with Crippen molar-refractivity contribution in [2.45, 2.75) is 25.8 Å². The van der Waals surface area contributed by atoms with Crippen LogP contribution in [-0.4, -0.2) is 69.1 Å². The fraction of sp³-hybridized carbons (Fsp3) is 0.909. The van der Waals surface area contributed by atoms with Gasteiger partial charge in [-0.05, 0) is 26.8 Å². The second-order valence-electron chi connectivity index (χ2n) is 4.62. The largest absolute Gasteiger partial charge is 0.340 e. The molecule has 0 aliphatic carbocycles. The van der Waals surface area contributed by atoms with Crippen LogP contribution in [0.2, 0.25) is 0 Å². The van der Waals surface area contributed by atoms with Gasteiger partial charge in [-0.2, -0.15) is 4.31 Å². The quantitative estimate of drug-likeness (QED) is 0.769. The average molecular weight is 314 g/mol.